The molecule has 2 aromatic rings. The molecule has 4 nitrogen and oxygen atoms in total. The SMILES string of the molecule is Cc1ccc(C(=O)N(Cc2ccco2)C2CC2)c(O)c1. The number of carbonyl (C=O) groups is 1. The molecular formula is C16H17NO3. The van der Waals surface area contributed by atoms with E-state index in [1.54, 1.807) is 23.3 Å². The Kier molecular flexibility index (Phi) is 3.22. The first kappa shape index (κ1) is 12.8. The Balaban J connectivity index is 1.85. The van der Waals surface area contributed by atoms with Crippen LogP contribution < -0.4 is 0 Å². The molecule has 1 fully saturated rings. The Hall–Kier alpha value is -2.23. The summed E-state index contributed by atoms with van der Waals surface area (Å²) in [4.78, 5) is 14.4. The number of phenols is 1. The lowest BCUT2D eigenvalue weighted by Gasteiger charge is -2.22. The number of aryl methyl sites for hydroxylation is 1. The van der Waals surface area contributed by atoms with Crippen molar-refractivity contribution in [3.8, 4) is 5.75 Å². The molecule has 0 spiro atoms. The highest BCUT2D eigenvalue weighted by atomic mass is 16.3. The Morgan fingerprint density at radius 2 is 2.20 bits per heavy atom. The molecule has 104 valence electrons. The minimum absolute atomic E-state index is 0.0418. The summed E-state index contributed by atoms with van der Waals surface area (Å²) in [6, 6.07) is 9.07. The van der Waals surface area contributed by atoms with Crippen LogP contribution >= 0.6 is 0 Å². The van der Waals surface area contributed by atoms with E-state index in [4.69, 9.17) is 4.42 Å². The van der Waals surface area contributed by atoms with Gasteiger partial charge in [0.1, 0.15) is 11.5 Å². The van der Waals surface area contributed by atoms with Crippen molar-refractivity contribution < 1.29 is 14.3 Å². The maximum absolute atomic E-state index is 12.6. The van der Waals surface area contributed by atoms with Crippen LogP contribution in [0, 0.1) is 6.92 Å². The zero-order valence-electron chi connectivity index (χ0n) is 11.4. The number of hydrogen-bond acceptors (Lipinski definition) is 3. The molecule has 0 atom stereocenters. The van der Waals surface area contributed by atoms with Gasteiger partial charge in [0, 0.05) is 6.04 Å². The van der Waals surface area contributed by atoms with Crippen LogP contribution in [0.5, 0.6) is 5.75 Å². The normalized spacial score (nSPS) is 14.2. The molecule has 1 N–H and O–H groups in total. The molecule has 1 aliphatic carbocycles. The highest BCUT2D eigenvalue weighted by molar-refractivity contribution is 5.97. The number of nitrogens with zero attached hydrogens (tertiary/aromatic N) is 1. The number of amides is 1. The minimum Gasteiger partial charge on any atom is -0.507 e. The van der Waals surface area contributed by atoms with E-state index in [1.807, 2.05) is 25.1 Å². The summed E-state index contributed by atoms with van der Waals surface area (Å²) in [5.74, 6) is 0.665. The predicted octanol–water partition coefficient (Wildman–Crippen LogP) is 3.10. The first-order valence-electron chi connectivity index (χ1n) is 6.78. The second-order valence-electron chi connectivity index (χ2n) is 5.26. The highest BCUT2D eigenvalue weighted by Gasteiger charge is 2.34. The molecule has 0 radical (unpaired) electrons. The first-order valence-corrected chi connectivity index (χ1v) is 6.78. The van der Waals surface area contributed by atoms with Crippen LogP contribution in [0.15, 0.2) is 41.0 Å². The van der Waals surface area contributed by atoms with E-state index < -0.39 is 0 Å². The molecule has 0 bridgehead atoms. The fourth-order valence-corrected chi connectivity index (χ4v) is 2.30. The molecule has 1 saturated carbocycles. The van der Waals surface area contributed by atoms with Crippen LogP contribution in [0.4, 0.5) is 0 Å². The van der Waals surface area contributed by atoms with Gasteiger partial charge in [-0.15, -0.1) is 0 Å². The number of phenolic OH excluding ortho intramolecular Hbond substituents is 1. The third-order valence-corrected chi connectivity index (χ3v) is 3.54. The van der Waals surface area contributed by atoms with E-state index in [2.05, 4.69) is 0 Å². The summed E-state index contributed by atoms with van der Waals surface area (Å²) in [5, 5.41) is 9.97. The lowest BCUT2D eigenvalue weighted by molar-refractivity contribution is 0.0714. The van der Waals surface area contributed by atoms with Crippen molar-refractivity contribution in [2.45, 2.75) is 32.4 Å². The molecular weight excluding hydrogens is 254 g/mol. The van der Waals surface area contributed by atoms with Gasteiger partial charge in [0.15, 0.2) is 0 Å². The summed E-state index contributed by atoms with van der Waals surface area (Å²) in [6.07, 6.45) is 3.63. The molecule has 1 heterocycles. The molecule has 3 rings (SSSR count). The maximum atomic E-state index is 12.6. The fourth-order valence-electron chi connectivity index (χ4n) is 2.30. The van der Waals surface area contributed by atoms with Crippen molar-refractivity contribution >= 4 is 5.91 Å². The quantitative estimate of drug-likeness (QED) is 0.929. The number of carbonyl (C=O) groups excluding carboxylic acids is 1. The minimum atomic E-state index is -0.138. The van der Waals surface area contributed by atoms with Crippen LogP contribution in [-0.2, 0) is 6.54 Å². The third-order valence-electron chi connectivity index (χ3n) is 3.54. The average Bonchev–Trinajstić information content (AvgIpc) is 3.12. The summed E-state index contributed by atoms with van der Waals surface area (Å²) in [6.45, 7) is 2.33. The molecule has 0 saturated heterocycles. The molecule has 1 amide bonds. The molecule has 1 aliphatic rings. The van der Waals surface area contributed by atoms with Gasteiger partial charge < -0.3 is 14.4 Å². The van der Waals surface area contributed by atoms with Crippen molar-refractivity contribution in [3.05, 3.63) is 53.5 Å². The highest BCUT2D eigenvalue weighted by Crippen LogP contribution is 2.31. The van der Waals surface area contributed by atoms with Gasteiger partial charge in [-0.1, -0.05) is 6.07 Å². The summed E-state index contributed by atoms with van der Waals surface area (Å²) in [7, 11) is 0. The lowest BCUT2D eigenvalue weighted by atomic mass is 10.1. The molecule has 4 heteroatoms. The molecule has 1 aromatic heterocycles. The summed E-state index contributed by atoms with van der Waals surface area (Å²) >= 11 is 0. The Morgan fingerprint density at radius 3 is 2.80 bits per heavy atom. The average molecular weight is 271 g/mol. The van der Waals surface area contributed by atoms with Crippen molar-refractivity contribution in [1.29, 1.82) is 0 Å². The third kappa shape index (κ3) is 2.54. The van der Waals surface area contributed by atoms with Crippen LogP contribution in [0.1, 0.15) is 34.5 Å². The lowest BCUT2D eigenvalue weighted by Crippen LogP contribution is -2.32. The Morgan fingerprint density at radius 1 is 1.40 bits per heavy atom. The van der Waals surface area contributed by atoms with E-state index in [0.29, 0.717) is 12.1 Å². The predicted molar refractivity (Wildman–Crippen MR) is 74.4 cm³/mol. The van der Waals surface area contributed by atoms with Gasteiger partial charge in [-0.25, -0.2) is 0 Å². The number of rotatable bonds is 4. The van der Waals surface area contributed by atoms with Crippen LogP contribution in [0.3, 0.4) is 0 Å². The number of aromatic hydroxyl groups is 1. The van der Waals surface area contributed by atoms with Crippen LogP contribution in [0.2, 0.25) is 0 Å². The largest absolute Gasteiger partial charge is 0.507 e. The maximum Gasteiger partial charge on any atom is 0.258 e. The van der Waals surface area contributed by atoms with Gasteiger partial charge in [-0.3, -0.25) is 4.79 Å². The number of furan rings is 1. The summed E-state index contributed by atoms with van der Waals surface area (Å²) < 4.78 is 5.32. The zero-order valence-corrected chi connectivity index (χ0v) is 11.4. The van der Waals surface area contributed by atoms with Gasteiger partial charge in [0.25, 0.3) is 5.91 Å². The molecule has 1 aromatic carbocycles. The zero-order chi connectivity index (χ0) is 14.1. The Labute approximate surface area is 117 Å². The van der Waals surface area contributed by atoms with Gasteiger partial charge in [-0.2, -0.15) is 0 Å². The van der Waals surface area contributed by atoms with Crippen LogP contribution in [0.25, 0.3) is 0 Å². The van der Waals surface area contributed by atoms with E-state index in [1.165, 1.54) is 0 Å². The standard InChI is InChI=1S/C16H17NO3/c1-11-4-7-14(15(18)9-11)16(19)17(12-5-6-12)10-13-3-2-8-20-13/h2-4,7-9,12,18H,5-6,10H2,1H3. The fraction of sp³-hybridized carbons (Fsp3) is 0.312. The van der Waals surface area contributed by atoms with Crippen molar-refractivity contribution in [1.82, 2.24) is 4.90 Å². The van der Waals surface area contributed by atoms with E-state index >= 15 is 0 Å². The molecule has 0 unspecified atom stereocenters. The van der Waals surface area contributed by atoms with Crippen molar-refractivity contribution in [2.75, 3.05) is 0 Å². The topological polar surface area (TPSA) is 53.7 Å². The molecule has 20 heavy (non-hydrogen) atoms. The Bertz CT molecular complexity index is 615. The van der Waals surface area contributed by atoms with Crippen LogP contribution in [-0.4, -0.2) is 22.0 Å². The van der Waals surface area contributed by atoms with E-state index in [0.717, 1.165) is 24.2 Å². The van der Waals surface area contributed by atoms with Gasteiger partial charge in [-0.05, 0) is 49.6 Å². The van der Waals surface area contributed by atoms with Gasteiger partial charge in [0.2, 0.25) is 0 Å². The monoisotopic (exact) mass is 271 g/mol. The van der Waals surface area contributed by atoms with Crippen molar-refractivity contribution in [3.63, 3.8) is 0 Å². The van der Waals surface area contributed by atoms with Gasteiger partial charge in [0.05, 0.1) is 18.4 Å². The smallest absolute Gasteiger partial charge is 0.258 e. The van der Waals surface area contributed by atoms with Crippen molar-refractivity contribution in [2.24, 2.45) is 0 Å². The van der Waals surface area contributed by atoms with Gasteiger partial charge >= 0.3 is 0 Å². The number of hydrogen-bond donors (Lipinski definition) is 1. The first-order chi connectivity index (χ1) is 9.65. The molecule has 0 aliphatic heterocycles. The second-order valence-corrected chi connectivity index (χ2v) is 5.26. The van der Waals surface area contributed by atoms with E-state index in [-0.39, 0.29) is 17.7 Å². The summed E-state index contributed by atoms with van der Waals surface area (Å²) in [5.41, 5.74) is 1.29. The second kappa shape index (κ2) is 5.04. The number of benzene rings is 1. The van der Waals surface area contributed by atoms with E-state index in [9.17, 15) is 9.90 Å².